The zero-order valence-electron chi connectivity index (χ0n) is 13.0. The molecule has 116 valence electrons. The summed E-state index contributed by atoms with van der Waals surface area (Å²) in [6, 6.07) is 11.5. The lowest BCUT2D eigenvalue weighted by molar-refractivity contribution is -0.121. The van der Waals surface area contributed by atoms with Crippen LogP contribution in [0, 0.1) is 6.92 Å². The van der Waals surface area contributed by atoms with Crippen LogP contribution < -0.4 is 5.32 Å². The summed E-state index contributed by atoms with van der Waals surface area (Å²) in [4.78, 5) is 16.0. The smallest absolute Gasteiger partial charge is 0.220 e. The van der Waals surface area contributed by atoms with Crippen LogP contribution in [0.25, 0.3) is 0 Å². The van der Waals surface area contributed by atoms with Gasteiger partial charge in [0.1, 0.15) is 0 Å². The first-order valence-electron chi connectivity index (χ1n) is 7.47. The van der Waals surface area contributed by atoms with Gasteiger partial charge < -0.3 is 10.4 Å². The number of aromatic nitrogens is 1. The van der Waals surface area contributed by atoms with Crippen molar-refractivity contribution in [2.75, 3.05) is 6.54 Å². The number of benzene rings is 1. The third-order valence-electron chi connectivity index (χ3n) is 3.72. The minimum Gasteiger partial charge on any atom is -0.387 e. The van der Waals surface area contributed by atoms with Gasteiger partial charge in [0, 0.05) is 25.4 Å². The van der Waals surface area contributed by atoms with Gasteiger partial charge in [-0.05, 0) is 36.1 Å². The Morgan fingerprint density at radius 3 is 2.41 bits per heavy atom. The SMILES string of the molecule is Cc1ccc([C@@H](O)CNC(=O)C[C@@H](C)c2ccncc2)cc1. The van der Waals surface area contributed by atoms with Gasteiger partial charge in [0.2, 0.25) is 5.91 Å². The molecule has 2 rings (SSSR count). The van der Waals surface area contributed by atoms with E-state index in [4.69, 9.17) is 0 Å². The van der Waals surface area contributed by atoms with Crippen molar-refractivity contribution in [3.8, 4) is 0 Å². The molecule has 1 amide bonds. The van der Waals surface area contributed by atoms with Crippen molar-refractivity contribution in [1.29, 1.82) is 0 Å². The number of pyridine rings is 1. The van der Waals surface area contributed by atoms with Gasteiger partial charge in [0.25, 0.3) is 0 Å². The fourth-order valence-corrected chi connectivity index (χ4v) is 2.28. The lowest BCUT2D eigenvalue weighted by Crippen LogP contribution is -2.29. The number of aryl methyl sites for hydroxylation is 1. The summed E-state index contributed by atoms with van der Waals surface area (Å²) in [6.45, 7) is 4.23. The van der Waals surface area contributed by atoms with E-state index in [-0.39, 0.29) is 18.4 Å². The number of rotatable bonds is 6. The van der Waals surface area contributed by atoms with Crippen LogP contribution in [0.5, 0.6) is 0 Å². The maximum atomic E-state index is 12.0. The minimum atomic E-state index is -0.680. The zero-order valence-corrected chi connectivity index (χ0v) is 13.0. The van der Waals surface area contributed by atoms with Gasteiger partial charge in [-0.25, -0.2) is 0 Å². The minimum absolute atomic E-state index is 0.0597. The molecule has 0 fully saturated rings. The molecule has 0 aliphatic heterocycles. The molecule has 0 aliphatic rings. The Balaban J connectivity index is 1.81. The number of amides is 1. The van der Waals surface area contributed by atoms with E-state index in [9.17, 15) is 9.90 Å². The predicted octanol–water partition coefficient (Wildman–Crippen LogP) is 2.73. The highest BCUT2D eigenvalue weighted by molar-refractivity contribution is 5.76. The fourth-order valence-electron chi connectivity index (χ4n) is 2.28. The molecule has 1 aromatic carbocycles. The van der Waals surface area contributed by atoms with Crippen LogP contribution in [-0.2, 0) is 4.79 Å². The highest BCUT2D eigenvalue weighted by atomic mass is 16.3. The second kappa shape index (κ2) is 7.71. The topological polar surface area (TPSA) is 62.2 Å². The van der Waals surface area contributed by atoms with Crippen molar-refractivity contribution < 1.29 is 9.90 Å². The highest BCUT2D eigenvalue weighted by Gasteiger charge is 2.13. The van der Waals surface area contributed by atoms with Crippen molar-refractivity contribution in [2.45, 2.75) is 32.3 Å². The molecule has 1 aromatic heterocycles. The summed E-state index contributed by atoms with van der Waals surface area (Å²) in [5.74, 6) is 0.0648. The number of nitrogens with one attached hydrogen (secondary N) is 1. The molecule has 0 spiro atoms. The fraction of sp³-hybridized carbons (Fsp3) is 0.333. The first-order valence-corrected chi connectivity index (χ1v) is 7.47. The molecule has 0 radical (unpaired) electrons. The van der Waals surface area contributed by atoms with Crippen molar-refractivity contribution in [2.24, 2.45) is 0 Å². The van der Waals surface area contributed by atoms with E-state index in [0.29, 0.717) is 6.42 Å². The number of hydrogen-bond donors (Lipinski definition) is 2. The average molecular weight is 298 g/mol. The van der Waals surface area contributed by atoms with Crippen LogP contribution in [0.4, 0.5) is 0 Å². The number of carbonyl (C=O) groups excluding carboxylic acids is 1. The predicted molar refractivity (Wildman–Crippen MR) is 86.4 cm³/mol. The molecule has 22 heavy (non-hydrogen) atoms. The molecule has 2 atom stereocenters. The number of aliphatic hydroxyl groups excluding tert-OH is 1. The second-order valence-corrected chi connectivity index (χ2v) is 5.62. The molecule has 4 heteroatoms. The number of aliphatic hydroxyl groups is 1. The van der Waals surface area contributed by atoms with Crippen LogP contribution in [0.15, 0.2) is 48.8 Å². The molecule has 2 aromatic rings. The molecule has 0 aliphatic carbocycles. The van der Waals surface area contributed by atoms with Gasteiger partial charge in [-0.3, -0.25) is 9.78 Å². The Hall–Kier alpha value is -2.20. The largest absolute Gasteiger partial charge is 0.387 e. The first kappa shape index (κ1) is 16.2. The third kappa shape index (κ3) is 4.67. The summed E-state index contributed by atoms with van der Waals surface area (Å²) >= 11 is 0. The molecule has 1 heterocycles. The molecule has 0 unspecified atom stereocenters. The summed E-state index contributed by atoms with van der Waals surface area (Å²) < 4.78 is 0. The van der Waals surface area contributed by atoms with Gasteiger partial charge >= 0.3 is 0 Å². The normalized spacial score (nSPS) is 13.4. The van der Waals surface area contributed by atoms with Gasteiger partial charge in [-0.1, -0.05) is 36.8 Å². The number of nitrogens with zero attached hydrogens (tertiary/aromatic N) is 1. The Labute approximate surface area is 131 Å². The van der Waals surface area contributed by atoms with Crippen molar-refractivity contribution in [3.63, 3.8) is 0 Å². The number of carbonyl (C=O) groups is 1. The van der Waals surface area contributed by atoms with E-state index in [1.165, 1.54) is 0 Å². The van der Waals surface area contributed by atoms with Gasteiger partial charge in [-0.2, -0.15) is 0 Å². The summed E-state index contributed by atoms with van der Waals surface area (Å²) in [7, 11) is 0. The van der Waals surface area contributed by atoms with E-state index < -0.39 is 6.10 Å². The van der Waals surface area contributed by atoms with Gasteiger partial charge in [-0.15, -0.1) is 0 Å². The molecule has 4 nitrogen and oxygen atoms in total. The maximum absolute atomic E-state index is 12.0. The molecule has 0 saturated carbocycles. The van der Waals surface area contributed by atoms with Crippen LogP contribution >= 0.6 is 0 Å². The van der Waals surface area contributed by atoms with Gasteiger partial charge in [0.05, 0.1) is 6.10 Å². The highest BCUT2D eigenvalue weighted by Crippen LogP contribution is 2.18. The van der Waals surface area contributed by atoms with Crippen LogP contribution in [-0.4, -0.2) is 22.5 Å². The van der Waals surface area contributed by atoms with Gasteiger partial charge in [0.15, 0.2) is 0 Å². The zero-order chi connectivity index (χ0) is 15.9. The molecule has 0 bridgehead atoms. The van der Waals surface area contributed by atoms with Crippen LogP contribution in [0.3, 0.4) is 0 Å². The van der Waals surface area contributed by atoms with E-state index in [0.717, 1.165) is 16.7 Å². The monoisotopic (exact) mass is 298 g/mol. The Morgan fingerprint density at radius 1 is 1.14 bits per heavy atom. The van der Waals surface area contributed by atoms with Crippen LogP contribution in [0.2, 0.25) is 0 Å². The first-order chi connectivity index (χ1) is 10.6. The standard InChI is InChI=1S/C18H22N2O2/c1-13-3-5-16(6-4-13)17(21)12-20-18(22)11-14(2)15-7-9-19-10-8-15/h3-10,14,17,21H,11-12H2,1-2H3,(H,20,22)/t14-,17+/m1/s1. The van der Waals surface area contributed by atoms with Crippen molar-refractivity contribution >= 4 is 5.91 Å². The lowest BCUT2D eigenvalue weighted by atomic mass is 9.98. The van der Waals surface area contributed by atoms with Crippen LogP contribution in [0.1, 0.15) is 42.1 Å². The Kier molecular flexibility index (Phi) is 5.67. The summed E-state index contributed by atoms with van der Waals surface area (Å²) in [6.07, 6.45) is 3.17. The van der Waals surface area contributed by atoms with Crippen molar-refractivity contribution in [1.82, 2.24) is 10.3 Å². The lowest BCUT2D eigenvalue weighted by Gasteiger charge is -2.15. The molecule has 0 saturated heterocycles. The molecule has 2 N–H and O–H groups in total. The maximum Gasteiger partial charge on any atom is 0.220 e. The quantitative estimate of drug-likeness (QED) is 0.862. The average Bonchev–Trinajstić information content (AvgIpc) is 2.54. The van der Waals surface area contributed by atoms with E-state index in [2.05, 4.69) is 10.3 Å². The summed E-state index contributed by atoms with van der Waals surface area (Å²) in [5, 5.41) is 12.9. The second-order valence-electron chi connectivity index (χ2n) is 5.62. The van der Waals surface area contributed by atoms with E-state index in [1.807, 2.05) is 50.2 Å². The Morgan fingerprint density at radius 2 is 1.77 bits per heavy atom. The summed E-state index contributed by atoms with van der Waals surface area (Å²) in [5.41, 5.74) is 3.04. The number of hydrogen-bond acceptors (Lipinski definition) is 3. The van der Waals surface area contributed by atoms with E-state index in [1.54, 1.807) is 12.4 Å². The molecular weight excluding hydrogens is 276 g/mol. The third-order valence-corrected chi connectivity index (χ3v) is 3.72. The molecular formula is C18H22N2O2. The van der Waals surface area contributed by atoms with Crippen molar-refractivity contribution in [3.05, 3.63) is 65.5 Å². The Bertz CT molecular complexity index is 596. The van der Waals surface area contributed by atoms with E-state index >= 15 is 0 Å².